The number of anilines is 1. The van der Waals surface area contributed by atoms with Crippen molar-refractivity contribution in [3.63, 3.8) is 0 Å². The lowest BCUT2D eigenvalue weighted by atomic mass is 9.91. The van der Waals surface area contributed by atoms with Gasteiger partial charge in [0.2, 0.25) is 17.7 Å². The summed E-state index contributed by atoms with van der Waals surface area (Å²) in [5.41, 5.74) is 1.70. The molecule has 1 aromatic carbocycles. The third-order valence-electron chi connectivity index (χ3n) is 13.3. The molecule has 0 radical (unpaired) electrons. The van der Waals surface area contributed by atoms with Crippen LogP contribution in [0.3, 0.4) is 0 Å². The first kappa shape index (κ1) is 47.6. The molecule has 0 saturated carbocycles. The zero-order valence-electron chi connectivity index (χ0n) is 37.6. The molecule has 0 spiro atoms. The number of nitrogens with one attached hydrogen (secondary N) is 3. The maximum Gasteiger partial charge on any atom is 0.274 e. The molecule has 8 rings (SSSR count). The molecule has 5 aliphatic rings. The van der Waals surface area contributed by atoms with Gasteiger partial charge in [0, 0.05) is 93.9 Å². The Bertz CT molecular complexity index is 2320. The summed E-state index contributed by atoms with van der Waals surface area (Å²) >= 11 is 1.35. The van der Waals surface area contributed by atoms with Gasteiger partial charge in [-0.1, -0.05) is 25.0 Å². The van der Waals surface area contributed by atoms with Crippen LogP contribution >= 0.6 is 11.8 Å². The molecule has 2 atom stereocenters. The van der Waals surface area contributed by atoms with Crippen molar-refractivity contribution < 1.29 is 38.3 Å². The van der Waals surface area contributed by atoms with E-state index in [1.165, 1.54) is 17.8 Å². The minimum absolute atomic E-state index is 0.000295. The lowest BCUT2D eigenvalue weighted by molar-refractivity contribution is -0.136. The number of rotatable bonds is 18. The molecule has 3 N–H and O–H groups in total. The number of carbonyl (C=O) groups excluding carboxylic acids is 7. The highest BCUT2D eigenvalue weighted by Gasteiger charge is 2.45. The molecule has 19 heteroatoms. The minimum Gasteiger partial charge on any atom is -0.373 e. The quantitative estimate of drug-likeness (QED) is 0.0724. The number of unbranched alkanes of at least 4 members (excludes halogenated alkanes) is 1. The van der Waals surface area contributed by atoms with E-state index in [2.05, 4.69) is 40.9 Å². The van der Waals surface area contributed by atoms with Crippen molar-refractivity contribution >= 4 is 64.9 Å². The number of nitrogens with zero attached hydrogens (tertiary/aromatic N) is 7. The topological polar surface area (TPSA) is 216 Å². The van der Waals surface area contributed by atoms with Crippen LogP contribution in [0, 0.1) is 5.92 Å². The first-order chi connectivity index (χ1) is 32.6. The van der Waals surface area contributed by atoms with Crippen molar-refractivity contribution in [2.75, 3.05) is 76.2 Å². The molecule has 4 saturated heterocycles. The van der Waals surface area contributed by atoms with Crippen LogP contribution in [-0.2, 0) is 23.9 Å². The van der Waals surface area contributed by atoms with Gasteiger partial charge in [-0.15, -0.1) is 22.0 Å². The number of imide groups is 2. The number of amides is 6. The number of pyridine rings is 1. The van der Waals surface area contributed by atoms with E-state index < -0.39 is 29.7 Å². The second-order valence-corrected chi connectivity index (χ2v) is 18.7. The van der Waals surface area contributed by atoms with Crippen LogP contribution in [0.1, 0.15) is 94.6 Å². The Morgan fingerprint density at radius 2 is 1.73 bits per heavy atom. The highest BCUT2D eigenvalue weighted by molar-refractivity contribution is 7.99. The van der Waals surface area contributed by atoms with E-state index in [-0.39, 0.29) is 66.9 Å². The predicted molar refractivity (Wildman–Crippen MR) is 249 cm³/mol. The normalized spacial score (nSPS) is 20.9. The van der Waals surface area contributed by atoms with Crippen molar-refractivity contribution in [2.24, 2.45) is 5.92 Å². The van der Waals surface area contributed by atoms with E-state index in [1.54, 1.807) is 42.7 Å². The number of fused-ring (bicyclic) bond motifs is 1. The number of benzene rings is 1. The van der Waals surface area contributed by atoms with Crippen LogP contribution in [-0.4, -0.2) is 161 Å². The van der Waals surface area contributed by atoms with Gasteiger partial charge in [0.25, 0.3) is 17.7 Å². The fourth-order valence-electron chi connectivity index (χ4n) is 9.64. The zero-order valence-corrected chi connectivity index (χ0v) is 38.4. The Labute approximate surface area is 394 Å². The number of carbonyl (C=O) groups is 7. The number of piperazine rings is 1. The summed E-state index contributed by atoms with van der Waals surface area (Å²) in [4.78, 5) is 102. The average Bonchev–Trinajstić information content (AvgIpc) is 3.61. The van der Waals surface area contributed by atoms with E-state index in [0.29, 0.717) is 48.4 Å². The van der Waals surface area contributed by atoms with Gasteiger partial charge in [-0.2, -0.15) is 0 Å². The van der Waals surface area contributed by atoms with E-state index in [4.69, 9.17) is 4.74 Å². The van der Waals surface area contributed by atoms with Crippen molar-refractivity contribution in [2.45, 2.75) is 80.8 Å². The number of ether oxygens (including phenoxy) is 1. The van der Waals surface area contributed by atoms with Gasteiger partial charge >= 0.3 is 0 Å². The van der Waals surface area contributed by atoms with Gasteiger partial charge in [-0.05, 0) is 86.4 Å². The minimum atomic E-state index is -1.03. The summed E-state index contributed by atoms with van der Waals surface area (Å²) in [5, 5.41) is 17.4. The highest BCUT2D eigenvalue weighted by Crippen LogP contribution is 2.34. The smallest absolute Gasteiger partial charge is 0.274 e. The average molecular weight is 935 g/mol. The molecule has 3 aromatic rings. The second kappa shape index (κ2) is 22.7. The Kier molecular flexibility index (Phi) is 16.2. The van der Waals surface area contributed by atoms with E-state index in [9.17, 15) is 33.6 Å². The Balaban J connectivity index is 0.722. The van der Waals surface area contributed by atoms with Gasteiger partial charge in [0.15, 0.2) is 17.3 Å². The predicted octanol–water partition coefficient (Wildman–Crippen LogP) is 2.75. The number of Topliss-reactive ketones (excluding diaryl/α,β-unsaturated/α-hetero) is 1. The first-order valence-electron chi connectivity index (χ1n) is 23.4. The first-order valence-corrected chi connectivity index (χ1v) is 24.4. The molecular formula is C48H58N10O8S. The third-order valence-corrected chi connectivity index (χ3v) is 14.3. The van der Waals surface area contributed by atoms with Crippen LogP contribution in [0.25, 0.3) is 6.08 Å². The standard InChI is InChI=1S/C48H58N10O8S/c59-39(31-66-27-28-67-40-8-3-7-35-44(40)48(65)58(46(35)63)37-11-14-43(61)52-45(37)62)38-30-50-21-26-57(38)34-17-24-55(25-18-34)41-12-10-36(53-54-41)47(64)56-22-15-32(16-23-56)5-1-2-20-51-42(60)13-9-33-6-4-19-49-29-33/h3-4,6-10,12-13,19,29,32,34,37-38,50H,1-2,5,11,14-18,20-28,30-31H2,(H,51,60)(H,52,61,62)/b13-9+. The maximum atomic E-state index is 13.6. The molecule has 354 valence electrons. The molecule has 0 aliphatic carbocycles. The molecular weight excluding hydrogens is 877 g/mol. The van der Waals surface area contributed by atoms with Crippen LogP contribution in [0.2, 0.25) is 0 Å². The lowest BCUT2D eigenvalue weighted by Gasteiger charge is -2.44. The molecule has 0 bridgehead atoms. The summed E-state index contributed by atoms with van der Waals surface area (Å²) in [6.45, 7) is 5.78. The van der Waals surface area contributed by atoms with Gasteiger partial charge in [-0.3, -0.25) is 53.7 Å². The fraction of sp³-hybridized carbons (Fsp3) is 0.500. The summed E-state index contributed by atoms with van der Waals surface area (Å²) in [6, 6.07) is 11.3. The third kappa shape index (κ3) is 11.8. The number of thioether (sulfide) groups is 1. The molecule has 2 unspecified atom stereocenters. The van der Waals surface area contributed by atoms with E-state index in [1.807, 2.05) is 23.1 Å². The second-order valence-electron chi connectivity index (χ2n) is 17.6. The van der Waals surface area contributed by atoms with E-state index >= 15 is 0 Å². The van der Waals surface area contributed by atoms with Crippen molar-refractivity contribution in [1.82, 2.24) is 45.8 Å². The van der Waals surface area contributed by atoms with Crippen LogP contribution in [0.5, 0.6) is 0 Å². The van der Waals surface area contributed by atoms with Gasteiger partial charge in [0.1, 0.15) is 12.6 Å². The SMILES string of the molecule is O=C(/C=C/c1cccnc1)NCCCCC1CCN(C(=O)c2ccc(N3CCC(N4CCNCC4C(=O)COCCSc4cccc5c4C(=O)N(C4CCC(=O)NC4=O)C5=O)CC3)nn2)CC1. The maximum absolute atomic E-state index is 13.6. The summed E-state index contributed by atoms with van der Waals surface area (Å²) < 4.78 is 5.87. The number of piperidine rings is 3. The number of hydrogen-bond donors (Lipinski definition) is 3. The molecule has 7 heterocycles. The van der Waals surface area contributed by atoms with Crippen molar-refractivity contribution in [3.8, 4) is 0 Å². The van der Waals surface area contributed by atoms with Gasteiger partial charge in [-0.25, -0.2) is 0 Å². The zero-order chi connectivity index (χ0) is 46.7. The van der Waals surface area contributed by atoms with Crippen LogP contribution < -0.4 is 20.9 Å². The Hall–Kier alpha value is -5.89. The Morgan fingerprint density at radius 1 is 0.896 bits per heavy atom. The van der Waals surface area contributed by atoms with Crippen LogP contribution in [0.4, 0.5) is 5.82 Å². The Morgan fingerprint density at radius 3 is 2.49 bits per heavy atom. The fourth-order valence-corrected chi connectivity index (χ4v) is 10.6. The summed E-state index contributed by atoms with van der Waals surface area (Å²) in [7, 11) is 0. The van der Waals surface area contributed by atoms with E-state index in [0.717, 1.165) is 87.4 Å². The monoisotopic (exact) mass is 934 g/mol. The van der Waals surface area contributed by atoms with Gasteiger partial charge < -0.3 is 25.2 Å². The van der Waals surface area contributed by atoms with Crippen molar-refractivity contribution in [1.29, 1.82) is 0 Å². The number of hydrogen-bond acceptors (Lipinski definition) is 15. The molecule has 4 fully saturated rings. The number of ketones is 1. The summed E-state index contributed by atoms with van der Waals surface area (Å²) in [5.74, 6) is -0.664. The molecule has 67 heavy (non-hydrogen) atoms. The van der Waals surface area contributed by atoms with Gasteiger partial charge in [0.05, 0.1) is 23.8 Å². The summed E-state index contributed by atoms with van der Waals surface area (Å²) in [6.07, 6.45) is 13.4. The van der Waals surface area contributed by atoms with Crippen LogP contribution in [0.15, 0.2) is 65.8 Å². The number of likely N-dealkylation sites (tertiary alicyclic amines) is 1. The largest absolute Gasteiger partial charge is 0.373 e. The number of aromatic nitrogens is 3. The lowest BCUT2D eigenvalue weighted by Crippen LogP contribution is -2.60. The molecule has 2 aromatic heterocycles. The van der Waals surface area contributed by atoms with Crippen molar-refractivity contribution in [3.05, 3.63) is 83.3 Å². The molecule has 18 nitrogen and oxygen atoms in total. The molecule has 5 aliphatic heterocycles. The molecule has 6 amide bonds. The highest BCUT2D eigenvalue weighted by atomic mass is 32.2.